The Hall–Kier alpha value is -2.34. The Balaban J connectivity index is 1.45. The highest BCUT2D eigenvalue weighted by Gasteiger charge is 2.25. The van der Waals surface area contributed by atoms with Crippen LogP contribution in [0.3, 0.4) is 0 Å². The summed E-state index contributed by atoms with van der Waals surface area (Å²) in [5.74, 6) is 0.755. The monoisotopic (exact) mass is 324 g/mol. The summed E-state index contributed by atoms with van der Waals surface area (Å²) < 4.78 is 5.82. The summed E-state index contributed by atoms with van der Waals surface area (Å²) in [6.45, 7) is 2.76. The van der Waals surface area contributed by atoms with Crippen molar-refractivity contribution in [3.05, 3.63) is 53.1 Å². The lowest BCUT2D eigenvalue weighted by Gasteiger charge is -2.29. The lowest BCUT2D eigenvalue weighted by atomic mass is 9.97. The Morgan fingerprint density at radius 1 is 1.25 bits per heavy atom. The van der Waals surface area contributed by atoms with E-state index in [9.17, 15) is 4.79 Å². The molecule has 24 heavy (non-hydrogen) atoms. The van der Waals surface area contributed by atoms with Gasteiger partial charge in [-0.1, -0.05) is 0 Å². The molecular weight excluding hydrogens is 304 g/mol. The van der Waals surface area contributed by atoms with Crippen LogP contribution in [-0.2, 0) is 24.3 Å². The van der Waals surface area contributed by atoms with Gasteiger partial charge in [0.05, 0.1) is 24.6 Å². The average molecular weight is 324 g/mol. The van der Waals surface area contributed by atoms with Crippen LogP contribution in [0.25, 0.3) is 0 Å². The Morgan fingerprint density at radius 3 is 2.96 bits per heavy atom. The fourth-order valence-corrected chi connectivity index (χ4v) is 3.09. The minimum absolute atomic E-state index is 0.00839. The molecule has 3 heterocycles. The van der Waals surface area contributed by atoms with E-state index in [0.717, 1.165) is 30.1 Å². The fourth-order valence-electron chi connectivity index (χ4n) is 3.09. The quantitative estimate of drug-likeness (QED) is 0.841. The van der Waals surface area contributed by atoms with E-state index in [-0.39, 0.29) is 5.91 Å². The van der Waals surface area contributed by atoms with Gasteiger partial charge in [0.25, 0.3) is 5.91 Å². The topological polar surface area (TPSA) is 68.2 Å². The summed E-state index contributed by atoms with van der Waals surface area (Å²) >= 11 is 0. The number of amides is 1. The number of carbonyl (C=O) groups excluding carboxylic acids is 1. The van der Waals surface area contributed by atoms with Crippen molar-refractivity contribution in [1.29, 1.82) is 0 Å². The van der Waals surface area contributed by atoms with Gasteiger partial charge in [0.1, 0.15) is 0 Å². The van der Waals surface area contributed by atoms with Crippen LogP contribution in [-0.4, -0.2) is 39.1 Å². The van der Waals surface area contributed by atoms with Gasteiger partial charge < -0.3 is 9.64 Å². The minimum Gasteiger partial charge on any atom is -0.376 e. The van der Waals surface area contributed by atoms with Gasteiger partial charge in [-0.15, -0.1) is 0 Å². The van der Waals surface area contributed by atoms with Crippen LogP contribution >= 0.6 is 0 Å². The molecular formula is C18H20N4O2. The molecule has 1 amide bonds. The maximum absolute atomic E-state index is 12.6. The third-order valence-corrected chi connectivity index (χ3v) is 4.66. The predicted molar refractivity (Wildman–Crippen MR) is 87.1 cm³/mol. The molecule has 1 aliphatic carbocycles. The number of pyridine rings is 1. The standard InChI is InChI=1S/C18H20N4O2/c23-18(14-3-5-20-21-9-14)22-6-4-17-15(10-22)7-19-8-16(17)12-24-11-13-1-2-13/h3,5,7-9,13H,1-2,4,6,10-12H2. The Labute approximate surface area is 140 Å². The molecule has 1 fully saturated rings. The van der Waals surface area contributed by atoms with Crippen molar-refractivity contribution in [2.75, 3.05) is 13.2 Å². The molecule has 6 nitrogen and oxygen atoms in total. The molecule has 0 bridgehead atoms. The first kappa shape index (κ1) is 15.2. The number of hydrogen-bond donors (Lipinski definition) is 0. The zero-order valence-corrected chi connectivity index (χ0v) is 13.5. The van der Waals surface area contributed by atoms with Crippen LogP contribution in [0.15, 0.2) is 30.9 Å². The summed E-state index contributed by atoms with van der Waals surface area (Å²) in [7, 11) is 0. The third-order valence-electron chi connectivity index (χ3n) is 4.66. The molecule has 124 valence electrons. The van der Waals surface area contributed by atoms with Gasteiger partial charge in [-0.2, -0.15) is 10.2 Å². The van der Waals surface area contributed by atoms with Crippen LogP contribution in [0.5, 0.6) is 0 Å². The highest BCUT2D eigenvalue weighted by atomic mass is 16.5. The lowest BCUT2D eigenvalue weighted by Crippen LogP contribution is -2.36. The van der Waals surface area contributed by atoms with Gasteiger partial charge in [0, 0.05) is 32.1 Å². The largest absolute Gasteiger partial charge is 0.376 e. The first-order valence-corrected chi connectivity index (χ1v) is 8.39. The molecule has 1 aliphatic heterocycles. The highest BCUT2D eigenvalue weighted by Crippen LogP contribution is 2.29. The van der Waals surface area contributed by atoms with Gasteiger partial charge in [-0.3, -0.25) is 9.78 Å². The van der Waals surface area contributed by atoms with Crippen molar-refractivity contribution in [1.82, 2.24) is 20.1 Å². The molecule has 2 aromatic heterocycles. The van der Waals surface area contributed by atoms with E-state index >= 15 is 0 Å². The number of nitrogens with zero attached hydrogens (tertiary/aromatic N) is 4. The molecule has 2 aromatic rings. The van der Waals surface area contributed by atoms with E-state index in [1.165, 1.54) is 24.6 Å². The second-order valence-electron chi connectivity index (χ2n) is 6.50. The fraction of sp³-hybridized carbons (Fsp3) is 0.444. The first-order chi connectivity index (χ1) is 11.8. The van der Waals surface area contributed by atoms with Gasteiger partial charge in [-0.05, 0) is 47.9 Å². The lowest BCUT2D eigenvalue weighted by molar-refractivity contribution is 0.0731. The second-order valence-corrected chi connectivity index (χ2v) is 6.50. The van der Waals surface area contributed by atoms with E-state index in [1.807, 2.05) is 17.3 Å². The van der Waals surface area contributed by atoms with Gasteiger partial charge in [0.15, 0.2) is 0 Å². The van der Waals surface area contributed by atoms with E-state index in [0.29, 0.717) is 25.3 Å². The summed E-state index contributed by atoms with van der Waals surface area (Å²) in [4.78, 5) is 18.7. The SMILES string of the molecule is O=C(c1ccnnc1)N1CCc2c(COCC3CC3)cncc2C1. The van der Waals surface area contributed by atoms with Crippen molar-refractivity contribution in [3.8, 4) is 0 Å². The molecule has 4 rings (SSSR count). The average Bonchev–Trinajstić information content (AvgIpc) is 3.46. The molecule has 0 aromatic carbocycles. The van der Waals surface area contributed by atoms with E-state index in [1.54, 1.807) is 12.3 Å². The highest BCUT2D eigenvalue weighted by molar-refractivity contribution is 5.93. The summed E-state index contributed by atoms with van der Waals surface area (Å²) in [6.07, 6.45) is 10.3. The Morgan fingerprint density at radius 2 is 2.17 bits per heavy atom. The van der Waals surface area contributed by atoms with Crippen LogP contribution in [0.1, 0.15) is 39.9 Å². The number of aromatic nitrogens is 3. The van der Waals surface area contributed by atoms with Crippen molar-refractivity contribution >= 4 is 5.91 Å². The smallest absolute Gasteiger partial charge is 0.255 e. The number of carbonyl (C=O) groups is 1. The van der Waals surface area contributed by atoms with Crippen molar-refractivity contribution in [2.45, 2.75) is 32.4 Å². The van der Waals surface area contributed by atoms with Crippen LogP contribution < -0.4 is 0 Å². The molecule has 0 N–H and O–H groups in total. The van der Waals surface area contributed by atoms with Crippen LogP contribution in [0, 0.1) is 5.92 Å². The molecule has 0 saturated heterocycles. The molecule has 0 unspecified atom stereocenters. The zero-order chi connectivity index (χ0) is 16.4. The molecule has 0 spiro atoms. The van der Waals surface area contributed by atoms with Crippen LogP contribution in [0.4, 0.5) is 0 Å². The Bertz CT molecular complexity index is 731. The van der Waals surface area contributed by atoms with Crippen molar-refractivity contribution in [3.63, 3.8) is 0 Å². The Kier molecular flexibility index (Phi) is 4.21. The number of ether oxygens (including phenoxy) is 1. The summed E-state index contributed by atoms with van der Waals surface area (Å²) in [6, 6.07) is 1.70. The zero-order valence-electron chi connectivity index (χ0n) is 13.5. The first-order valence-electron chi connectivity index (χ1n) is 8.39. The van der Waals surface area contributed by atoms with E-state index < -0.39 is 0 Å². The number of hydrogen-bond acceptors (Lipinski definition) is 5. The van der Waals surface area contributed by atoms with Crippen LogP contribution in [0.2, 0.25) is 0 Å². The molecule has 2 aliphatic rings. The summed E-state index contributed by atoms with van der Waals surface area (Å²) in [5, 5.41) is 7.51. The number of rotatable bonds is 5. The molecule has 0 atom stereocenters. The minimum atomic E-state index is -0.00839. The normalized spacial score (nSPS) is 16.8. The van der Waals surface area contributed by atoms with Gasteiger partial charge in [-0.25, -0.2) is 0 Å². The van der Waals surface area contributed by atoms with E-state index in [2.05, 4.69) is 15.2 Å². The van der Waals surface area contributed by atoms with Gasteiger partial charge in [0.2, 0.25) is 0 Å². The van der Waals surface area contributed by atoms with Crippen molar-refractivity contribution < 1.29 is 9.53 Å². The van der Waals surface area contributed by atoms with Gasteiger partial charge >= 0.3 is 0 Å². The maximum atomic E-state index is 12.6. The number of fused-ring (bicyclic) bond motifs is 1. The molecule has 1 saturated carbocycles. The van der Waals surface area contributed by atoms with E-state index in [4.69, 9.17) is 4.74 Å². The predicted octanol–water partition coefficient (Wildman–Crippen LogP) is 2.00. The third kappa shape index (κ3) is 3.28. The van der Waals surface area contributed by atoms with Crippen molar-refractivity contribution in [2.24, 2.45) is 5.92 Å². The molecule has 0 radical (unpaired) electrons. The maximum Gasteiger partial charge on any atom is 0.255 e. The second kappa shape index (κ2) is 6.65. The summed E-state index contributed by atoms with van der Waals surface area (Å²) in [5.41, 5.74) is 4.14. The molecule has 6 heteroatoms.